The number of carbonyl (C=O) groups excluding carboxylic acids is 1. The van der Waals surface area contributed by atoms with Gasteiger partial charge >= 0.3 is 0 Å². The maximum atomic E-state index is 11.9. The highest BCUT2D eigenvalue weighted by atomic mass is 32.1. The average Bonchev–Trinajstić information content (AvgIpc) is 2.37. The maximum absolute atomic E-state index is 11.9. The largest absolute Gasteiger partial charge is 0.393 e. The number of thiocarbonyl (C=S) groups is 1. The second kappa shape index (κ2) is 7.04. The minimum Gasteiger partial charge on any atom is -0.393 e. The lowest BCUT2D eigenvalue weighted by Crippen LogP contribution is -2.32. The highest BCUT2D eigenvalue weighted by molar-refractivity contribution is 7.80. The third kappa shape index (κ3) is 4.82. The Morgan fingerprint density at radius 1 is 1.47 bits per heavy atom. The average molecular weight is 281 g/mol. The summed E-state index contributed by atoms with van der Waals surface area (Å²) < 4.78 is 1.55. The van der Waals surface area contributed by atoms with Crippen LogP contribution in [0.15, 0.2) is 23.1 Å². The number of rotatable bonds is 6. The number of amides is 1. The van der Waals surface area contributed by atoms with Crippen molar-refractivity contribution in [3.05, 3.63) is 34.2 Å². The first kappa shape index (κ1) is 15.4. The quantitative estimate of drug-likeness (QED) is 0.779. The third-order valence-electron chi connectivity index (χ3n) is 2.90. The minimum absolute atomic E-state index is 0.0235. The molecule has 0 aliphatic carbocycles. The van der Waals surface area contributed by atoms with Gasteiger partial charge in [0.2, 0.25) is 5.91 Å². The fourth-order valence-electron chi connectivity index (χ4n) is 1.64. The summed E-state index contributed by atoms with van der Waals surface area (Å²) in [6.07, 6.45) is 2.50. The van der Waals surface area contributed by atoms with Crippen molar-refractivity contribution in [3.63, 3.8) is 0 Å². The van der Waals surface area contributed by atoms with E-state index >= 15 is 0 Å². The molecular formula is C13H19N3O2S. The summed E-state index contributed by atoms with van der Waals surface area (Å²) in [6.45, 7) is 2.66. The molecule has 0 spiro atoms. The van der Waals surface area contributed by atoms with Crippen molar-refractivity contribution in [1.82, 2.24) is 9.47 Å². The first-order valence-corrected chi connectivity index (χ1v) is 6.51. The number of hydrogen-bond donors (Lipinski definition) is 1. The van der Waals surface area contributed by atoms with Crippen LogP contribution < -0.4 is 11.3 Å². The van der Waals surface area contributed by atoms with Crippen molar-refractivity contribution in [2.75, 3.05) is 13.6 Å². The van der Waals surface area contributed by atoms with Crippen molar-refractivity contribution >= 4 is 23.1 Å². The van der Waals surface area contributed by atoms with Crippen LogP contribution in [0, 0.1) is 6.92 Å². The molecule has 6 heteroatoms. The molecule has 1 rings (SSSR count). The Bertz CT molecular complexity index is 525. The van der Waals surface area contributed by atoms with Crippen LogP contribution in [0.4, 0.5) is 0 Å². The molecule has 0 aromatic carbocycles. The van der Waals surface area contributed by atoms with E-state index in [1.165, 1.54) is 0 Å². The second-order valence-electron chi connectivity index (χ2n) is 4.47. The van der Waals surface area contributed by atoms with Gasteiger partial charge in [0.05, 0.1) is 4.99 Å². The number of carbonyl (C=O) groups is 1. The summed E-state index contributed by atoms with van der Waals surface area (Å²) in [7, 11) is 1.71. The number of aryl methyl sites for hydroxylation is 2. The van der Waals surface area contributed by atoms with E-state index < -0.39 is 0 Å². The standard InChI is InChI=1S/C13H19N3O2S/c1-10-4-3-7-16(13(10)18)9-6-12(17)15(2)8-5-11(14)19/h3-4,7H,5-6,8-9H2,1-2H3,(H2,14,19). The van der Waals surface area contributed by atoms with Crippen molar-refractivity contribution in [1.29, 1.82) is 0 Å². The predicted octanol–water partition coefficient (Wildman–Crippen LogP) is 0.681. The molecule has 0 atom stereocenters. The van der Waals surface area contributed by atoms with Gasteiger partial charge in [-0.1, -0.05) is 18.3 Å². The van der Waals surface area contributed by atoms with Crippen LogP contribution in [0.3, 0.4) is 0 Å². The van der Waals surface area contributed by atoms with Gasteiger partial charge in [0, 0.05) is 44.7 Å². The van der Waals surface area contributed by atoms with E-state index in [1.807, 2.05) is 0 Å². The molecule has 0 radical (unpaired) electrons. The van der Waals surface area contributed by atoms with Gasteiger partial charge in [-0.25, -0.2) is 0 Å². The van der Waals surface area contributed by atoms with Crippen LogP contribution in [0.1, 0.15) is 18.4 Å². The van der Waals surface area contributed by atoms with Crippen LogP contribution in [0.2, 0.25) is 0 Å². The monoisotopic (exact) mass is 281 g/mol. The molecule has 1 aromatic heterocycles. The third-order valence-corrected chi connectivity index (χ3v) is 3.10. The van der Waals surface area contributed by atoms with Crippen molar-refractivity contribution < 1.29 is 4.79 Å². The summed E-state index contributed by atoms with van der Waals surface area (Å²) in [5.74, 6) is -0.0235. The molecule has 5 nitrogen and oxygen atoms in total. The van der Waals surface area contributed by atoms with Crippen molar-refractivity contribution in [3.8, 4) is 0 Å². The molecule has 2 N–H and O–H groups in total. The molecule has 1 aromatic rings. The zero-order valence-electron chi connectivity index (χ0n) is 11.3. The van der Waals surface area contributed by atoms with Gasteiger partial charge in [0.1, 0.15) is 0 Å². The maximum Gasteiger partial charge on any atom is 0.253 e. The Balaban J connectivity index is 2.52. The molecule has 1 heterocycles. The van der Waals surface area contributed by atoms with Crippen LogP contribution in [0.25, 0.3) is 0 Å². The Morgan fingerprint density at radius 3 is 2.79 bits per heavy atom. The van der Waals surface area contributed by atoms with Gasteiger partial charge in [0.25, 0.3) is 5.56 Å². The number of nitrogens with two attached hydrogens (primary N) is 1. The van der Waals surface area contributed by atoms with E-state index in [9.17, 15) is 9.59 Å². The lowest BCUT2D eigenvalue weighted by Gasteiger charge is -2.17. The summed E-state index contributed by atoms with van der Waals surface area (Å²) in [5, 5.41) is 0. The minimum atomic E-state index is -0.0545. The summed E-state index contributed by atoms with van der Waals surface area (Å²) in [4.78, 5) is 25.6. The Hall–Kier alpha value is -1.69. The van der Waals surface area contributed by atoms with Gasteiger partial charge in [-0.2, -0.15) is 0 Å². The zero-order valence-corrected chi connectivity index (χ0v) is 12.1. The fourth-order valence-corrected chi connectivity index (χ4v) is 1.73. The van der Waals surface area contributed by atoms with Crippen LogP contribution in [-0.4, -0.2) is 34.0 Å². The Morgan fingerprint density at radius 2 is 2.16 bits per heavy atom. The van der Waals surface area contributed by atoms with Crippen LogP contribution in [-0.2, 0) is 11.3 Å². The zero-order chi connectivity index (χ0) is 14.4. The van der Waals surface area contributed by atoms with Gasteiger partial charge in [-0.15, -0.1) is 0 Å². The molecule has 0 saturated carbocycles. The van der Waals surface area contributed by atoms with E-state index in [-0.39, 0.29) is 17.9 Å². The highest BCUT2D eigenvalue weighted by Crippen LogP contribution is 1.97. The molecule has 0 saturated heterocycles. The summed E-state index contributed by atoms with van der Waals surface area (Å²) in [5.41, 5.74) is 6.01. The molecule has 0 bridgehead atoms. The number of pyridine rings is 1. The van der Waals surface area contributed by atoms with E-state index in [0.717, 1.165) is 0 Å². The summed E-state index contributed by atoms with van der Waals surface area (Å²) in [6, 6.07) is 3.56. The van der Waals surface area contributed by atoms with E-state index in [4.69, 9.17) is 18.0 Å². The topological polar surface area (TPSA) is 68.3 Å². The first-order chi connectivity index (χ1) is 8.91. The van der Waals surface area contributed by atoms with E-state index in [2.05, 4.69) is 0 Å². The number of hydrogen-bond acceptors (Lipinski definition) is 3. The van der Waals surface area contributed by atoms with Crippen LogP contribution >= 0.6 is 12.2 Å². The summed E-state index contributed by atoms with van der Waals surface area (Å²) >= 11 is 4.77. The lowest BCUT2D eigenvalue weighted by atomic mass is 10.3. The fraction of sp³-hybridized carbons (Fsp3) is 0.462. The van der Waals surface area contributed by atoms with Gasteiger partial charge < -0.3 is 15.2 Å². The Kier molecular flexibility index (Phi) is 5.69. The highest BCUT2D eigenvalue weighted by Gasteiger charge is 2.09. The van der Waals surface area contributed by atoms with E-state index in [1.54, 1.807) is 41.8 Å². The first-order valence-electron chi connectivity index (χ1n) is 6.10. The van der Waals surface area contributed by atoms with Gasteiger partial charge in [-0.3, -0.25) is 9.59 Å². The van der Waals surface area contributed by atoms with Gasteiger partial charge in [-0.05, 0) is 13.0 Å². The molecule has 0 fully saturated rings. The Labute approximate surface area is 118 Å². The van der Waals surface area contributed by atoms with E-state index in [0.29, 0.717) is 30.1 Å². The SMILES string of the molecule is Cc1cccn(CCC(=O)N(C)CCC(N)=S)c1=O. The number of aromatic nitrogens is 1. The predicted molar refractivity (Wildman–Crippen MR) is 79.1 cm³/mol. The van der Waals surface area contributed by atoms with Crippen molar-refractivity contribution in [2.45, 2.75) is 26.3 Å². The van der Waals surface area contributed by atoms with Crippen LogP contribution in [0.5, 0.6) is 0 Å². The lowest BCUT2D eigenvalue weighted by molar-refractivity contribution is -0.130. The molecule has 0 aliphatic rings. The molecular weight excluding hydrogens is 262 g/mol. The normalized spacial score (nSPS) is 10.2. The van der Waals surface area contributed by atoms with Gasteiger partial charge in [0.15, 0.2) is 0 Å². The smallest absolute Gasteiger partial charge is 0.253 e. The molecule has 1 amide bonds. The molecule has 104 valence electrons. The van der Waals surface area contributed by atoms with Crippen molar-refractivity contribution in [2.24, 2.45) is 5.73 Å². The number of nitrogens with zero attached hydrogens (tertiary/aromatic N) is 2. The second-order valence-corrected chi connectivity index (χ2v) is 5.00. The molecule has 19 heavy (non-hydrogen) atoms. The molecule has 0 aliphatic heterocycles. The molecule has 0 unspecified atom stereocenters.